The van der Waals surface area contributed by atoms with Gasteiger partial charge in [-0.05, 0) is 18.9 Å². The Labute approximate surface area is 144 Å². The van der Waals surface area contributed by atoms with Crippen LogP contribution in [-0.4, -0.2) is 34.0 Å². The molecule has 0 bridgehead atoms. The molecule has 2 rings (SSSR count). The summed E-state index contributed by atoms with van der Waals surface area (Å²) in [7, 11) is 0. The number of carbonyl (C=O) groups excluding carboxylic acids is 1. The molecule has 1 aromatic heterocycles. The average molecular weight is 329 g/mol. The minimum Gasteiger partial charge on any atom is -0.342 e. The largest absolute Gasteiger partial charge is 0.342 e. The number of hydrogen-bond acceptors (Lipinski definition) is 4. The molecule has 5 heteroatoms. The molecule has 0 atom stereocenters. The summed E-state index contributed by atoms with van der Waals surface area (Å²) in [6.45, 7) is 11.5. The zero-order valence-corrected chi connectivity index (χ0v) is 15.2. The predicted octanol–water partition coefficient (Wildman–Crippen LogP) is 3.73. The van der Waals surface area contributed by atoms with Gasteiger partial charge in [-0.15, -0.1) is 0 Å². The molecule has 0 unspecified atom stereocenters. The molecule has 0 aliphatic rings. The van der Waals surface area contributed by atoms with Gasteiger partial charge in [0.05, 0.1) is 0 Å². The van der Waals surface area contributed by atoms with E-state index in [1.54, 1.807) is 0 Å². The van der Waals surface area contributed by atoms with Gasteiger partial charge in [-0.25, -0.2) is 0 Å². The van der Waals surface area contributed by atoms with Gasteiger partial charge in [0, 0.05) is 31.0 Å². The van der Waals surface area contributed by atoms with Crippen LogP contribution in [0.5, 0.6) is 0 Å². The molecule has 0 saturated carbocycles. The van der Waals surface area contributed by atoms with Crippen molar-refractivity contribution in [1.82, 2.24) is 15.0 Å². The molecule has 1 aromatic carbocycles. The van der Waals surface area contributed by atoms with Gasteiger partial charge in [-0.1, -0.05) is 56.6 Å². The van der Waals surface area contributed by atoms with Crippen molar-refractivity contribution in [2.75, 3.05) is 13.1 Å². The van der Waals surface area contributed by atoms with Gasteiger partial charge in [0.2, 0.25) is 17.6 Å². The Morgan fingerprint density at radius 2 is 2.00 bits per heavy atom. The van der Waals surface area contributed by atoms with Crippen molar-refractivity contribution < 1.29 is 9.32 Å². The highest BCUT2D eigenvalue weighted by atomic mass is 16.5. The number of nitrogens with zero attached hydrogens (tertiary/aromatic N) is 3. The molecular weight excluding hydrogens is 302 g/mol. The second kappa shape index (κ2) is 8.08. The molecule has 0 aliphatic heterocycles. The molecule has 1 heterocycles. The van der Waals surface area contributed by atoms with Crippen LogP contribution in [0.15, 0.2) is 28.8 Å². The third-order valence-corrected chi connectivity index (χ3v) is 3.73. The minimum atomic E-state index is -0.00529. The fraction of sp³-hybridized carbons (Fsp3) is 0.526. The lowest BCUT2D eigenvalue weighted by atomic mass is 10.1. The monoisotopic (exact) mass is 329 g/mol. The predicted molar refractivity (Wildman–Crippen MR) is 94.4 cm³/mol. The zero-order valence-electron chi connectivity index (χ0n) is 15.2. The molecule has 0 aliphatic carbocycles. The van der Waals surface area contributed by atoms with E-state index >= 15 is 0 Å². The number of benzene rings is 1. The van der Waals surface area contributed by atoms with E-state index < -0.39 is 0 Å². The van der Waals surface area contributed by atoms with Crippen LogP contribution >= 0.6 is 0 Å². The second-order valence-electron chi connectivity index (χ2n) is 6.96. The molecular formula is C19H27N3O2. The van der Waals surface area contributed by atoms with Gasteiger partial charge in [-0.3, -0.25) is 4.79 Å². The van der Waals surface area contributed by atoms with E-state index in [1.165, 1.54) is 0 Å². The summed E-state index contributed by atoms with van der Waals surface area (Å²) < 4.78 is 5.36. The Morgan fingerprint density at radius 3 is 2.62 bits per heavy atom. The fourth-order valence-corrected chi connectivity index (χ4v) is 2.59. The Morgan fingerprint density at radius 1 is 1.25 bits per heavy atom. The first-order valence-electron chi connectivity index (χ1n) is 8.55. The van der Waals surface area contributed by atoms with E-state index in [2.05, 4.69) is 24.0 Å². The van der Waals surface area contributed by atoms with Crippen LogP contribution in [0.25, 0.3) is 11.4 Å². The van der Waals surface area contributed by atoms with Gasteiger partial charge in [0.25, 0.3) is 0 Å². The van der Waals surface area contributed by atoms with Gasteiger partial charge in [-0.2, -0.15) is 4.98 Å². The van der Waals surface area contributed by atoms with Crippen LogP contribution in [0.3, 0.4) is 0 Å². The highest BCUT2D eigenvalue weighted by Gasteiger charge is 2.19. The number of aryl methyl sites for hydroxylation is 1. The Kier molecular flexibility index (Phi) is 6.12. The summed E-state index contributed by atoms with van der Waals surface area (Å²) in [5.41, 5.74) is 2.10. The number of carbonyl (C=O) groups is 1. The Hall–Kier alpha value is -2.17. The molecule has 0 spiro atoms. The number of hydrogen-bond donors (Lipinski definition) is 0. The van der Waals surface area contributed by atoms with Crippen molar-refractivity contribution in [3.63, 3.8) is 0 Å². The molecule has 130 valence electrons. The Bertz CT molecular complexity index is 677. The van der Waals surface area contributed by atoms with Crippen molar-refractivity contribution in [2.45, 2.75) is 41.0 Å². The SMILES string of the molecule is Cc1cccc(-c2noc(CCN(CC(C)C)C(=O)C(C)C)n2)c1. The molecule has 24 heavy (non-hydrogen) atoms. The van der Waals surface area contributed by atoms with E-state index in [-0.39, 0.29) is 11.8 Å². The fourth-order valence-electron chi connectivity index (χ4n) is 2.59. The summed E-state index contributed by atoms with van der Waals surface area (Å²) in [6.07, 6.45) is 0.573. The quantitative estimate of drug-likeness (QED) is 0.776. The van der Waals surface area contributed by atoms with E-state index in [0.29, 0.717) is 30.6 Å². The van der Waals surface area contributed by atoms with Crippen molar-refractivity contribution in [3.8, 4) is 11.4 Å². The summed E-state index contributed by atoms with van der Waals surface area (Å²) in [5, 5.41) is 4.06. The first-order chi connectivity index (χ1) is 11.4. The average Bonchev–Trinajstić information content (AvgIpc) is 2.99. The van der Waals surface area contributed by atoms with Crippen LogP contribution in [-0.2, 0) is 11.2 Å². The first-order valence-corrected chi connectivity index (χ1v) is 8.55. The maximum absolute atomic E-state index is 12.3. The third kappa shape index (κ3) is 4.91. The molecule has 0 N–H and O–H groups in total. The lowest BCUT2D eigenvalue weighted by molar-refractivity contribution is -0.135. The second-order valence-corrected chi connectivity index (χ2v) is 6.96. The van der Waals surface area contributed by atoms with Gasteiger partial charge >= 0.3 is 0 Å². The highest BCUT2D eigenvalue weighted by molar-refractivity contribution is 5.78. The van der Waals surface area contributed by atoms with Crippen LogP contribution in [0, 0.1) is 18.8 Å². The highest BCUT2D eigenvalue weighted by Crippen LogP contribution is 2.17. The van der Waals surface area contributed by atoms with Crippen molar-refractivity contribution in [1.29, 1.82) is 0 Å². The summed E-state index contributed by atoms with van der Waals surface area (Å²) in [5.74, 6) is 1.76. The molecule has 0 radical (unpaired) electrons. The normalized spacial score (nSPS) is 11.3. The molecule has 1 amide bonds. The molecule has 2 aromatic rings. The standard InChI is InChI=1S/C19H27N3O2/c1-13(2)12-22(19(23)14(3)4)10-9-17-20-18(21-24-17)16-8-6-7-15(5)11-16/h6-8,11,13-14H,9-10,12H2,1-5H3. The number of rotatable bonds is 7. The van der Waals surface area contributed by atoms with Gasteiger partial charge < -0.3 is 9.42 Å². The van der Waals surface area contributed by atoms with E-state index in [0.717, 1.165) is 17.7 Å². The molecule has 0 saturated heterocycles. The number of amides is 1. The van der Waals surface area contributed by atoms with E-state index in [1.807, 2.05) is 49.9 Å². The summed E-state index contributed by atoms with van der Waals surface area (Å²) >= 11 is 0. The summed E-state index contributed by atoms with van der Waals surface area (Å²) in [4.78, 5) is 18.7. The maximum atomic E-state index is 12.3. The van der Waals surface area contributed by atoms with Crippen LogP contribution in [0.4, 0.5) is 0 Å². The topological polar surface area (TPSA) is 59.2 Å². The van der Waals surface area contributed by atoms with Gasteiger partial charge in [0.1, 0.15) is 0 Å². The van der Waals surface area contributed by atoms with Gasteiger partial charge in [0.15, 0.2) is 0 Å². The Balaban J connectivity index is 2.04. The first kappa shape index (κ1) is 18.2. The van der Waals surface area contributed by atoms with E-state index in [9.17, 15) is 4.79 Å². The van der Waals surface area contributed by atoms with Crippen LogP contribution in [0.2, 0.25) is 0 Å². The zero-order chi connectivity index (χ0) is 17.7. The molecule has 0 fully saturated rings. The lowest BCUT2D eigenvalue weighted by Gasteiger charge is -2.25. The molecule has 5 nitrogen and oxygen atoms in total. The number of aromatic nitrogens is 2. The smallest absolute Gasteiger partial charge is 0.228 e. The lowest BCUT2D eigenvalue weighted by Crippen LogP contribution is -2.38. The van der Waals surface area contributed by atoms with Crippen LogP contribution in [0.1, 0.15) is 39.1 Å². The van der Waals surface area contributed by atoms with E-state index in [4.69, 9.17) is 4.52 Å². The maximum Gasteiger partial charge on any atom is 0.228 e. The minimum absolute atomic E-state index is 0.00529. The third-order valence-electron chi connectivity index (χ3n) is 3.73. The van der Waals surface area contributed by atoms with Crippen molar-refractivity contribution in [3.05, 3.63) is 35.7 Å². The van der Waals surface area contributed by atoms with Crippen molar-refractivity contribution >= 4 is 5.91 Å². The van der Waals surface area contributed by atoms with Crippen LogP contribution < -0.4 is 0 Å². The van der Waals surface area contributed by atoms with Crippen molar-refractivity contribution in [2.24, 2.45) is 11.8 Å². The summed E-state index contributed by atoms with van der Waals surface area (Å²) in [6, 6.07) is 8.01.